The molecule has 1 fully saturated rings. The molecule has 0 aromatic rings. The van der Waals surface area contributed by atoms with E-state index in [9.17, 15) is 0 Å². The Morgan fingerprint density at radius 1 is 1.29 bits per heavy atom. The topological polar surface area (TPSA) is 9.23 Å². The Labute approximate surface area is 124 Å². The van der Waals surface area contributed by atoms with Crippen LogP contribution in [0.1, 0.15) is 20.3 Å². The first-order chi connectivity index (χ1) is 8.22. The Hall–Kier alpha value is 1.36. The molecule has 0 amide bonds. The third-order valence-electron chi connectivity index (χ3n) is 2.43. The van der Waals surface area contributed by atoms with E-state index in [1.54, 1.807) is 0 Å². The Morgan fingerprint density at radius 2 is 2.00 bits per heavy atom. The molecule has 0 aromatic carbocycles. The van der Waals surface area contributed by atoms with E-state index in [0.717, 1.165) is 22.9 Å². The van der Waals surface area contributed by atoms with E-state index in [1.807, 2.05) is 0 Å². The molecule has 5 heteroatoms. The van der Waals surface area contributed by atoms with Gasteiger partial charge in [-0.15, -0.1) is 0 Å². The summed E-state index contributed by atoms with van der Waals surface area (Å²) in [6, 6.07) is 0. The first-order valence-electron chi connectivity index (χ1n) is 6.25. The average Bonchev–Trinajstić information content (AvgIpc) is 2.34. The predicted molar refractivity (Wildman–Crippen MR) is 89.4 cm³/mol. The van der Waals surface area contributed by atoms with Gasteiger partial charge in [0.25, 0.3) is 0 Å². The highest BCUT2D eigenvalue weighted by Gasteiger charge is 2.20. The highest BCUT2D eigenvalue weighted by atomic mass is 32.2. The van der Waals surface area contributed by atoms with Gasteiger partial charge in [0.2, 0.25) is 0 Å². The van der Waals surface area contributed by atoms with E-state index in [-0.39, 0.29) is 0 Å². The molecule has 0 saturated carbocycles. The molecule has 1 saturated heterocycles. The van der Waals surface area contributed by atoms with Gasteiger partial charge >= 0.3 is 0 Å². The third kappa shape index (κ3) is 8.19. The summed E-state index contributed by atoms with van der Waals surface area (Å²) in [5, 5.41) is 1.64. The minimum absolute atomic E-state index is 0.378. The van der Waals surface area contributed by atoms with Crippen molar-refractivity contribution in [2.24, 2.45) is 0 Å². The van der Waals surface area contributed by atoms with Crippen molar-refractivity contribution in [2.75, 3.05) is 35.4 Å². The fourth-order valence-electron chi connectivity index (χ4n) is 1.48. The Balaban J connectivity index is 1.90. The molecule has 0 aromatic heterocycles. The monoisotopic (exact) mass is 312 g/mol. The standard InChI is InChI=1S/C12H24OS4/c1-10(2)13-4-3-5-15-7-12-9-16-11(6-14)8-17-12/h10-12,14H,3-9H2,1-2H3. The molecule has 17 heavy (non-hydrogen) atoms. The van der Waals surface area contributed by atoms with Gasteiger partial charge in [0.05, 0.1) is 6.10 Å². The van der Waals surface area contributed by atoms with Crippen LogP contribution in [0.5, 0.6) is 0 Å². The van der Waals surface area contributed by atoms with Crippen LogP contribution in [0, 0.1) is 0 Å². The largest absolute Gasteiger partial charge is 0.379 e. The third-order valence-corrected chi connectivity index (χ3v) is 7.76. The van der Waals surface area contributed by atoms with Gasteiger partial charge in [0.15, 0.2) is 0 Å². The molecule has 0 spiro atoms. The van der Waals surface area contributed by atoms with Crippen molar-refractivity contribution in [1.82, 2.24) is 0 Å². The lowest BCUT2D eigenvalue weighted by molar-refractivity contribution is 0.0800. The Morgan fingerprint density at radius 3 is 2.59 bits per heavy atom. The van der Waals surface area contributed by atoms with Crippen LogP contribution in [-0.2, 0) is 4.74 Å². The lowest BCUT2D eigenvalue weighted by atomic mass is 10.4. The zero-order chi connectivity index (χ0) is 12.5. The van der Waals surface area contributed by atoms with Gasteiger partial charge in [-0.1, -0.05) is 0 Å². The lowest BCUT2D eigenvalue weighted by Gasteiger charge is -2.26. The first kappa shape index (κ1) is 16.4. The Kier molecular flexibility index (Phi) is 9.83. The Bertz CT molecular complexity index is 181. The molecule has 2 atom stereocenters. The molecule has 1 aliphatic rings. The van der Waals surface area contributed by atoms with Crippen molar-refractivity contribution in [3.63, 3.8) is 0 Å². The SMILES string of the molecule is CC(C)OCCCSCC1CSC(CS)CS1. The van der Waals surface area contributed by atoms with Crippen molar-refractivity contribution >= 4 is 47.9 Å². The molecule has 1 rings (SSSR count). The molecule has 1 nitrogen and oxygen atoms in total. The van der Waals surface area contributed by atoms with E-state index < -0.39 is 0 Å². The average molecular weight is 313 g/mol. The van der Waals surface area contributed by atoms with Gasteiger partial charge in [0.1, 0.15) is 0 Å². The molecule has 2 unspecified atom stereocenters. The summed E-state index contributed by atoms with van der Waals surface area (Å²) in [6.45, 7) is 5.11. The zero-order valence-electron chi connectivity index (χ0n) is 10.8. The summed E-state index contributed by atoms with van der Waals surface area (Å²) >= 11 is 10.7. The molecule has 1 aliphatic heterocycles. The van der Waals surface area contributed by atoms with Crippen molar-refractivity contribution in [1.29, 1.82) is 0 Å². The van der Waals surface area contributed by atoms with Crippen LogP contribution in [0.3, 0.4) is 0 Å². The second-order valence-electron chi connectivity index (χ2n) is 4.44. The van der Waals surface area contributed by atoms with Crippen molar-refractivity contribution < 1.29 is 4.74 Å². The summed E-state index contributed by atoms with van der Waals surface area (Å²) < 4.78 is 5.53. The molecular formula is C12H24OS4. The van der Waals surface area contributed by atoms with Crippen LogP contribution in [0.25, 0.3) is 0 Å². The van der Waals surface area contributed by atoms with E-state index in [0.29, 0.717) is 6.10 Å². The second kappa shape index (κ2) is 10.2. The smallest absolute Gasteiger partial charge is 0.0518 e. The minimum Gasteiger partial charge on any atom is -0.379 e. The maximum Gasteiger partial charge on any atom is 0.0518 e. The van der Waals surface area contributed by atoms with Crippen LogP contribution in [-0.4, -0.2) is 52.0 Å². The maximum absolute atomic E-state index is 5.53. The number of rotatable bonds is 8. The number of hydrogen-bond donors (Lipinski definition) is 1. The fraction of sp³-hybridized carbons (Fsp3) is 1.00. The quantitative estimate of drug-likeness (QED) is 0.540. The fourth-order valence-corrected chi connectivity index (χ4v) is 6.35. The van der Waals surface area contributed by atoms with Crippen LogP contribution < -0.4 is 0 Å². The van der Waals surface area contributed by atoms with Gasteiger partial charge in [-0.25, -0.2) is 0 Å². The van der Waals surface area contributed by atoms with Gasteiger partial charge in [-0.2, -0.15) is 47.9 Å². The van der Waals surface area contributed by atoms with Gasteiger partial charge in [-0.05, 0) is 26.0 Å². The van der Waals surface area contributed by atoms with Crippen LogP contribution in [0.4, 0.5) is 0 Å². The summed E-state index contributed by atoms with van der Waals surface area (Å²) in [4.78, 5) is 0. The van der Waals surface area contributed by atoms with E-state index in [4.69, 9.17) is 4.74 Å². The molecule has 0 bridgehead atoms. The molecule has 102 valence electrons. The van der Waals surface area contributed by atoms with Crippen molar-refractivity contribution in [2.45, 2.75) is 36.9 Å². The molecular weight excluding hydrogens is 288 g/mol. The normalized spacial score (nSPS) is 25.4. The number of ether oxygens (including phenoxy) is 1. The lowest BCUT2D eigenvalue weighted by Crippen LogP contribution is -2.24. The zero-order valence-corrected chi connectivity index (χ0v) is 14.1. The summed E-state index contributed by atoms with van der Waals surface area (Å²) in [7, 11) is 0. The van der Waals surface area contributed by atoms with Crippen molar-refractivity contribution in [3.8, 4) is 0 Å². The number of thioether (sulfide) groups is 3. The molecule has 1 heterocycles. The van der Waals surface area contributed by atoms with Crippen molar-refractivity contribution in [3.05, 3.63) is 0 Å². The maximum atomic E-state index is 5.53. The van der Waals surface area contributed by atoms with E-state index >= 15 is 0 Å². The van der Waals surface area contributed by atoms with Crippen LogP contribution >= 0.6 is 47.9 Å². The highest BCUT2D eigenvalue weighted by molar-refractivity contribution is 8.08. The van der Waals surface area contributed by atoms with E-state index in [2.05, 4.69) is 61.8 Å². The summed E-state index contributed by atoms with van der Waals surface area (Å²) in [5.74, 6) is 6.17. The van der Waals surface area contributed by atoms with Crippen LogP contribution in [0.15, 0.2) is 0 Å². The number of thiol groups is 1. The minimum atomic E-state index is 0.378. The molecule has 0 aliphatic carbocycles. The van der Waals surface area contributed by atoms with Gasteiger partial charge < -0.3 is 4.74 Å². The summed E-state index contributed by atoms with van der Waals surface area (Å²) in [6.07, 6.45) is 1.57. The predicted octanol–water partition coefficient (Wildman–Crippen LogP) is 3.68. The van der Waals surface area contributed by atoms with Gasteiger partial charge in [-0.3, -0.25) is 0 Å². The first-order valence-corrected chi connectivity index (χ1v) is 10.1. The molecule has 0 radical (unpaired) electrons. The van der Waals surface area contributed by atoms with E-state index in [1.165, 1.54) is 29.4 Å². The summed E-state index contributed by atoms with van der Waals surface area (Å²) in [5.41, 5.74) is 0. The second-order valence-corrected chi connectivity index (χ2v) is 8.62. The van der Waals surface area contributed by atoms with Crippen LogP contribution in [0.2, 0.25) is 0 Å². The highest BCUT2D eigenvalue weighted by Crippen LogP contribution is 2.32. The van der Waals surface area contributed by atoms with Gasteiger partial charge in [0, 0.05) is 40.1 Å². The molecule has 0 N–H and O–H groups in total. The number of hydrogen-bond acceptors (Lipinski definition) is 5.